The number of nitrogens with zero attached hydrogens (tertiary/aromatic N) is 1. The lowest BCUT2D eigenvalue weighted by Crippen LogP contribution is -2.45. The van der Waals surface area contributed by atoms with Crippen molar-refractivity contribution < 1.29 is 4.79 Å². The van der Waals surface area contributed by atoms with E-state index in [1.54, 1.807) is 0 Å². The summed E-state index contributed by atoms with van der Waals surface area (Å²) in [5.74, 6) is 0.0727. The molecule has 4 heteroatoms. The molecule has 2 aliphatic rings. The quantitative estimate of drug-likeness (QED) is 0.780. The van der Waals surface area contributed by atoms with Crippen LogP contribution in [0, 0.1) is 0 Å². The molecule has 2 aliphatic heterocycles. The Hall–Kier alpha value is -1.44. The van der Waals surface area contributed by atoms with Gasteiger partial charge in [0.25, 0.3) is 0 Å². The molecular formula is C14H15N2OP. The van der Waals surface area contributed by atoms with E-state index in [9.17, 15) is 4.79 Å². The monoisotopic (exact) mass is 258 g/mol. The molecule has 18 heavy (non-hydrogen) atoms. The Kier molecular flexibility index (Phi) is 2.81. The summed E-state index contributed by atoms with van der Waals surface area (Å²) >= 11 is 0. The standard InChI is InChI=1S/C14H15N2OP/c1-9-12(6-7-13(17)15-9)16-8-10-4-2-3-5-11(10)14(16)18/h2-5,12,18H,1,6-8H2,(H,15,17). The van der Waals surface area contributed by atoms with Crippen molar-refractivity contribution in [1.29, 1.82) is 0 Å². The van der Waals surface area contributed by atoms with E-state index in [1.165, 1.54) is 11.1 Å². The van der Waals surface area contributed by atoms with Crippen molar-refractivity contribution in [3.8, 4) is 0 Å². The van der Waals surface area contributed by atoms with Crippen LogP contribution in [0.2, 0.25) is 0 Å². The molecule has 0 aromatic heterocycles. The minimum absolute atomic E-state index is 0.0727. The summed E-state index contributed by atoms with van der Waals surface area (Å²) < 4.78 is 0. The highest BCUT2D eigenvalue weighted by Crippen LogP contribution is 2.30. The smallest absolute Gasteiger partial charge is 0.224 e. The minimum Gasteiger partial charge on any atom is -0.329 e. The van der Waals surface area contributed by atoms with Crippen LogP contribution >= 0.6 is 8.86 Å². The van der Waals surface area contributed by atoms with Gasteiger partial charge in [-0.3, -0.25) is 9.69 Å². The molecule has 0 radical (unpaired) electrons. The minimum atomic E-state index is 0.0727. The van der Waals surface area contributed by atoms with Crippen LogP contribution in [0.25, 0.3) is 0 Å². The average Bonchev–Trinajstić information content (AvgIpc) is 2.68. The van der Waals surface area contributed by atoms with Crippen LogP contribution in [0.4, 0.5) is 0 Å². The molecule has 1 amide bonds. The molecule has 0 spiro atoms. The number of carbonyl (C=O) groups is 1. The van der Waals surface area contributed by atoms with Gasteiger partial charge < -0.3 is 5.32 Å². The molecule has 1 aromatic carbocycles. The van der Waals surface area contributed by atoms with Gasteiger partial charge >= 0.3 is 0 Å². The Balaban J connectivity index is 1.86. The first-order chi connectivity index (χ1) is 8.66. The molecule has 1 atom stereocenters. The molecule has 3 rings (SSSR count). The van der Waals surface area contributed by atoms with Crippen molar-refractivity contribution in [2.24, 2.45) is 0 Å². The molecule has 1 saturated heterocycles. The molecule has 0 saturated carbocycles. The maximum atomic E-state index is 11.3. The van der Waals surface area contributed by atoms with Crippen LogP contribution in [0.5, 0.6) is 0 Å². The van der Waals surface area contributed by atoms with Gasteiger partial charge in [-0.15, -0.1) is 8.86 Å². The number of carbonyl (C=O) groups excluding carboxylic acids is 1. The van der Waals surface area contributed by atoms with Crippen LogP contribution in [0.3, 0.4) is 0 Å². The van der Waals surface area contributed by atoms with E-state index in [2.05, 4.69) is 43.9 Å². The van der Waals surface area contributed by atoms with E-state index in [0.717, 1.165) is 24.1 Å². The fourth-order valence-corrected chi connectivity index (χ4v) is 3.16. The third kappa shape index (κ3) is 1.80. The second kappa shape index (κ2) is 4.34. The molecule has 2 heterocycles. The maximum Gasteiger partial charge on any atom is 0.224 e. The normalized spacial score (nSPS) is 24.0. The number of hydrogen-bond acceptors (Lipinski definition) is 1. The molecule has 1 fully saturated rings. The number of piperidine rings is 1. The number of hydrogen-bond donors (Lipinski definition) is 1. The van der Waals surface area contributed by atoms with Gasteiger partial charge in [0.15, 0.2) is 0 Å². The third-order valence-electron chi connectivity index (χ3n) is 3.62. The zero-order valence-corrected chi connectivity index (χ0v) is 11.1. The first-order valence-electron chi connectivity index (χ1n) is 6.09. The molecule has 1 aromatic rings. The van der Waals surface area contributed by atoms with Gasteiger partial charge in [0.05, 0.1) is 6.04 Å². The molecule has 1 N–H and O–H groups in total. The topological polar surface area (TPSA) is 32.3 Å². The third-order valence-corrected chi connectivity index (χ3v) is 4.18. The Morgan fingerprint density at radius 1 is 1.39 bits per heavy atom. The van der Waals surface area contributed by atoms with Crippen LogP contribution in [0.1, 0.15) is 24.0 Å². The van der Waals surface area contributed by atoms with Gasteiger partial charge in [0.2, 0.25) is 5.91 Å². The molecule has 1 unspecified atom stereocenters. The summed E-state index contributed by atoms with van der Waals surface area (Å²) in [7, 11) is 3.73. The Labute approximate surface area is 109 Å². The van der Waals surface area contributed by atoms with E-state index < -0.39 is 0 Å². The van der Waals surface area contributed by atoms with Crippen molar-refractivity contribution in [1.82, 2.24) is 10.2 Å². The first-order valence-corrected chi connectivity index (χ1v) is 6.59. The zero-order valence-electron chi connectivity index (χ0n) is 10.1. The summed E-state index contributed by atoms with van der Waals surface area (Å²) in [4.78, 5) is 13.6. The number of fused-ring (bicyclic) bond motifs is 1. The van der Waals surface area contributed by atoms with Gasteiger partial charge in [-0.2, -0.15) is 0 Å². The van der Waals surface area contributed by atoms with Gasteiger partial charge in [-0.1, -0.05) is 30.8 Å². The highest BCUT2D eigenvalue weighted by molar-refractivity contribution is 7.22. The summed E-state index contributed by atoms with van der Waals surface area (Å²) in [6.07, 6.45) is 1.39. The lowest BCUT2D eigenvalue weighted by atomic mass is 10.0. The lowest BCUT2D eigenvalue weighted by Gasteiger charge is -2.33. The van der Waals surface area contributed by atoms with Crippen molar-refractivity contribution in [3.63, 3.8) is 0 Å². The Morgan fingerprint density at radius 3 is 2.89 bits per heavy atom. The molecule has 0 aliphatic carbocycles. The van der Waals surface area contributed by atoms with E-state index >= 15 is 0 Å². The van der Waals surface area contributed by atoms with Crippen molar-refractivity contribution in [2.75, 3.05) is 0 Å². The molecule has 92 valence electrons. The van der Waals surface area contributed by atoms with Crippen molar-refractivity contribution in [3.05, 3.63) is 47.7 Å². The van der Waals surface area contributed by atoms with Gasteiger partial charge in [0, 0.05) is 29.6 Å². The van der Waals surface area contributed by atoms with E-state index in [1.807, 2.05) is 6.07 Å². The summed E-state index contributed by atoms with van der Waals surface area (Å²) in [6.45, 7) is 4.85. The van der Waals surface area contributed by atoms with Gasteiger partial charge in [-0.05, 0) is 12.0 Å². The fraction of sp³-hybridized carbons (Fsp3) is 0.286. The van der Waals surface area contributed by atoms with Crippen LogP contribution in [0.15, 0.2) is 36.5 Å². The lowest BCUT2D eigenvalue weighted by molar-refractivity contribution is -0.121. The summed E-state index contributed by atoms with van der Waals surface area (Å²) in [5, 5.41) is 2.84. The Morgan fingerprint density at radius 2 is 2.17 bits per heavy atom. The molecular weight excluding hydrogens is 243 g/mol. The second-order valence-electron chi connectivity index (χ2n) is 4.76. The molecule has 3 nitrogen and oxygen atoms in total. The molecule has 0 bridgehead atoms. The SMILES string of the molecule is C=C1NC(=O)CCC1N1Cc2ccccc2C1=P. The predicted molar refractivity (Wildman–Crippen MR) is 74.7 cm³/mol. The van der Waals surface area contributed by atoms with Crippen LogP contribution < -0.4 is 5.32 Å². The number of amides is 1. The van der Waals surface area contributed by atoms with Gasteiger partial charge in [0.1, 0.15) is 0 Å². The largest absolute Gasteiger partial charge is 0.329 e. The summed E-state index contributed by atoms with van der Waals surface area (Å²) in [5.41, 5.74) is 4.44. The van der Waals surface area contributed by atoms with Crippen LogP contribution in [-0.2, 0) is 11.3 Å². The van der Waals surface area contributed by atoms with Crippen LogP contribution in [-0.4, -0.2) is 22.3 Å². The van der Waals surface area contributed by atoms with E-state index in [0.29, 0.717) is 6.42 Å². The number of benzene rings is 1. The summed E-state index contributed by atoms with van der Waals surface area (Å²) in [6, 6.07) is 8.53. The second-order valence-corrected chi connectivity index (χ2v) is 5.24. The maximum absolute atomic E-state index is 11.3. The highest BCUT2D eigenvalue weighted by Gasteiger charge is 2.33. The predicted octanol–water partition coefficient (Wildman–Crippen LogP) is 1.92. The Bertz CT molecular complexity index is 552. The van der Waals surface area contributed by atoms with Gasteiger partial charge in [-0.25, -0.2) is 0 Å². The number of rotatable bonds is 1. The first kappa shape index (κ1) is 11.6. The van der Waals surface area contributed by atoms with Crippen molar-refractivity contribution >= 4 is 20.2 Å². The highest BCUT2D eigenvalue weighted by atomic mass is 31.0. The van der Waals surface area contributed by atoms with E-state index in [-0.39, 0.29) is 11.9 Å². The average molecular weight is 258 g/mol. The number of nitrogens with one attached hydrogen (secondary N) is 1. The van der Waals surface area contributed by atoms with E-state index in [4.69, 9.17) is 0 Å². The zero-order chi connectivity index (χ0) is 12.7. The van der Waals surface area contributed by atoms with Crippen molar-refractivity contribution in [2.45, 2.75) is 25.4 Å². The fourth-order valence-electron chi connectivity index (χ4n) is 2.68.